The number of nitrogens with zero attached hydrogens (tertiary/aromatic N) is 2. The van der Waals surface area contributed by atoms with Gasteiger partial charge in [0.05, 0.1) is 22.5 Å². The Kier molecular flexibility index (Phi) is 4.56. The van der Waals surface area contributed by atoms with E-state index in [1.54, 1.807) is 13.0 Å². The molecule has 0 atom stereocenters. The summed E-state index contributed by atoms with van der Waals surface area (Å²) in [6.07, 6.45) is 0. The summed E-state index contributed by atoms with van der Waals surface area (Å²) in [5.41, 5.74) is -1.65. The maximum Gasteiger partial charge on any atom is 0.362 e. The van der Waals surface area contributed by atoms with Crippen LogP contribution in [0.2, 0.25) is 0 Å². The van der Waals surface area contributed by atoms with Gasteiger partial charge in [0, 0.05) is 0 Å². The van der Waals surface area contributed by atoms with Gasteiger partial charge in [-0.1, -0.05) is 12.1 Å². The van der Waals surface area contributed by atoms with E-state index in [2.05, 4.69) is 4.98 Å². The molecule has 26 heavy (non-hydrogen) atoms. The number of aromatic nitrogens is 2. The highest BCUT2D eigenvalue weighted by Gasteiger charge is 2.26. The number of ether oxygens (including phenoxy) is 1. The summed E-state index contributed by atoms with van der Waals surface area (Å²) in [6.45, 7) is 1.55. The molecule has 0 aliphatic rings. The summed E-state index contributed by atoms with van der Waals surface area (Å²) >= 11 is 0. The second-order valence-electron chi connectivity index (χ2n) is 5.20. The Labute approximate surface area is 147 Å². The summed E-state index contributed by atoms with van der Waals surface area (Å²) < 4.78 is 44.3. The molecular formula is C17H13FN2O5S. The minimum absolute atomic E-state index is 0.00249. The van der Waals surface area contributed by atoms with Gasteiger partial charge in [-0.25, -0.2) is 22.6 Å². The van der Waals surface area contributed by atoms with Gasteiger partial charge in [-0.3, -0.25) is 4.79 Å². The minimum Gasteiger partial charge on any atom is -0.461 e. The maximum absolute atomic E-state index is 13.1. The van der Waals surface area contributed by atoms with Crippen LogP contribution in [0.5, 0.6) is 0 Å². The third-order valence-corrected chi connectivity index (χ3v) is 5.25. The highest BCUT2D eigenvalue weighted by molar-refractivity contribution is 7.90. The Bertz CT molecular complexity index is 1150. The van der Waals surface area contributed by atoms with Crippen LogP contribution < -0.4 is 5.56 Å². The predicted molar refractivity (Wildman–Crippen MR) is 90.9 cm³/mol. The largest absolute Gasteiger partial charge is 0.461 e. The lowest BCUT2D eigenvalue weighted by Crippen LogP contribution is -2.33. The van der Waals surface area contributed by atoms with E-state index in [1.807, 2.05) is 0 Å². The number of para-hydroxylation sites is 2. The molecule has 7 nitrogen and oxygen atoms in total. The molecule has 0 saturated heterocycles. The second kappa shape index (κ2) is 6.68. The average molecular weight is 376 g/mol. The smallest absolute Gasteiger partial charge is 0.362 e. The van der Waals surface area contributed by atoms with E-state index in [0.29, 0.717) is 3.97 Å². The molecule has 3 rings (SSSR count). The number of carbonyl (C=O) groups excluding carboxylic acids is 1. The van der Waals surface area contributed by atoms with Crippen LogP contribution in [0.4, 0.5) is 4.39 Å². The highest BCUT2D eigenvalue weighted by Crippen LogP contribution is 2.18. The van der Waals surface area contributed by atoms with Gasteiger partial charge in [-0.2, -0.15) is 3.97 Å². The van der Waals surface area contributed by atoms with Crippen LogP contribution in [0.1, 0.15) is 17.4 Å². The van der Waals surface area contributed by atoms with Crippen molar-refractivity contribution in [3.05, 3.63) is 70.4 Å². The highest BCUT2D eigenvalue weighted by atomic mass is 32.2. The van der Waals surface area contributed by atoms with Crippen molar-refractivity contribution in [3.63, 3.8) is 0 Å². The molecule has 0 spiro atoms. The van der Waals surface area contributed by atoms with Crippen molar-refractivity contribution in [2.75, 3.05) is 6.61 Å². The molecule has 0 fully saturated rings. The summed E-state index contributed by atoms with van der Waals surface area (Å²) in [6, 6.07) is 9.98. The number of fused-ring (bicyclic) bond motifs is 1. The van der Waals surface area contributed by atoms with Crippen LogP contribution >= 0.6 is 0 Å². The molecule has 1 heterocycles. The molecule has 9 heteroatoms. The number of rotatable bonds is 4. The van der Waals surface area contributed by atoms with Gasteiger partial charge < -0.3 is 4.74 Å². The summed E-state index contributed by atoms with van der Waals surface area (Å²) in [7, 11) is -4.39. The predicted octanol–water partition coefficient (Wildman–Crippen LogP) is 1.95. The van der Waals surface area contributed by atoms with E-state index >= 15 is 0 Å². The van der Waals surface area contributed by atoms with Gasteiger partial charge in [-0.05, 0) is 43.3 Å². The zero-order valence-corrected chi connectivity index (χ0v) is 14.4. The van der Waals surface area contributed by atoms with Crippen molar-refractivity contribution in [1.82, 2.24) is 8.96 Å². The van der Waals surface area contributed by atoms with Crippen LogP contribution in [0, 0.1) is 5.82 Å². The molecule has 1 aromatic heterocycles. The third kappa shape index (κ3) is 2.97. The monoisotopic (exact) mass is 376 g/mol. The molecule has 0 radical (unpaired) electrons. The van der Waals surface area contributed by atoms with Crippen molar-refractivity contribution >= 4 is 27.0 Å². The third-order valence-electron chi connectivity index (χ3n) is 3.54. The molecule has 0 aliphatic carbocycles. The van der Waals surface area contributed by atoms with E-state index in [9.17, 15) is 22.4 Å². The Balaban J connectivity index is 2.37. The van der Waals surface area contributed by atoms with Crippen LogP contribution in [-0.4, -0.2) is 30.0 Å². The van der Waals surface area contributed by atoms with Gasteiger partial charge in [-0.15, -0.1) is 0 Å². The van der Waals surface area contributed by atoms with E-state index in [4.69, 9.17) is 4.74 Å². The van der Waals surface area contributed by atoms with E-state index < -0.39 is 33.1 Å². The first kappa shape index (κ1) is 17.7. The van der Waals surface area contributed by atoms with E-state index in [-0.39, 0.29) is 22.5 Å². The lowest BCUT2D eigenvalue weighted by molar-refractivity contribution is 0.0517. The Morgan fingerprint density at radius 2 is 1.81 bits per heavy atom. The number of halogens is 1. The van der Waals surface area contributed by atoms with Crippen molar-refractivity contribution < 1.29 is 22.3 Å². The van der Waals surface area contributed by atoms with Crippen molar-refractivity contribution in [3.8, 4) is 0 Å². The molecule has 0 bridgehead atoms. The second-order valence-corrected chi connectivity index (χ2v) is 6.98. The SMILES string of the molecule is CCOC(=O)c1nc2ccccc2n(S(=O)(=O)c2ccc(F)cc2)c1=O. The molecule has 0 unspecified atom stereocenters. The Morgan fingerprint density at radius 1 is 1.15 bits per heavy atom. The van der Waals surface area contributed by atoms with E-state index in [1.165, 1.54) is 18.2 Å². The summed E-state index contributed by atoms with van der Waals surface area (Å²) in [5.74, 6) is -1.64. The normalized spacial score (nSPS) is 11.5. The number of hydrogen-bond donors (Lipinski definition) is 0. The minimum atomic E-state index is -4.39. The van der Waals surface area contributed by atoms with Gasteiger partial charge in [0.2, 0.25) is 5.69 Å². The van der Waals surface area contributed by atoms with Crippen molar-refractivity contribution in [2.45, 2.75) is 11.8 Å². The zero-order valence-electron chi connectivity index (χ0n) is 13.5. The molecule has 2 aromatic carbocycles. The lowest BCUT2D eigenvalue weighted by atomic mass is 10.3. The van der Waals surface area contributed by atoms with Crippen molar-refractivity contribution in [2.24, 2.45) is 0 Å². The van der Waals surface area contributed by atoms with Gasteiger partial charge in [0.25, 0.3) is 15.6 Å². The van der Waals surface area contributed by atoms with Crippen LogP contribution in [-0.2, 0) is 14.8 Å². The number of hydrogen-bond acceptors (Lipinski definition) is 6. The first-order valence-corrected chi connectivity index (χ1v) is 9.00. The fourth-order valence-electron chi connectivity index (χ4n) is 2.39. The Morgan fingerprint density at radius 3 is 2.46 bits per heavy atom. The van der Waals surface area contributed by atoms with Gasteiger partial charge in [0.15, 0.2) is 0 Å². The number of esters is 1. The Hall–Kier alpha value is -3.07. The lowest BCUT2D eigenvalue weighted by Gasteiger charge is -2.12. The van der Waals surface area contributed by atoms with Crippen molar-refractivity contribution in [1.29, 1.82) is 0 Å². The quantitative estimate of drug-likeness (QED) is 0.646. The first-order chi connectivity index (χ1) is 12.4. The van der Waals surface area contributed by atoms with Crippen LogP contribution in [0.3, 0.4) is 0 Å². The molecule has 3 aromatic rings. The fraction of sp³-hybridized carbons (Fsp3) is 0.118. The van der Waals surface area contributed by atoms with Gasteiger partial charge in [0.1, 0.15) is 5.82 Å². The standard InChI is InChI=1S/C17H13FN2O5S/c1-2-25-17(22)15-16(21)20(14-6-4-3-5-13(14)19-15)26(23,24)12-9-7-11(18)8-10-12/h3-10H,2H2,1H3. The van der Waals surface area contributed by atoms with Gasteiger partial charge >= 0.3 is 5.97 Å². The summed E-state index contributed by atoms with van der Waals surface area (Å²) in [5, 5.41) is 0. The van der Waals surface area contributed by atoms with Crippen LogP contribution in [0.25, 0.3) is 11.0 Å². The summed E-state index contributed by atoms with van der Waals surface area (Å²) in [4.78, 5) is 28.4. The molecule has 0 amide bonds. The zero-order chi connectivity index (χ0) is 18.9. The first-order valence-electron chi connectivity index (χ1n) is 7.56. The maximum atomic E-state index is 13.1. The number of carbonyl (C=O) groups is 1. The fourth-order valence-corrected chi connectivity index (χ4v) is 3.80. The molecule has 134 valence electrons. The number of benzene rings is 2. The molecule has 0 N–H and O–H groups in total. The molecule has 0 aliphatic heterocycles. The van der Waals surface area contributed by atoms with Crippen LogP contribution in [0.15, 0.2) is 58.2 Å². The molecular weight excluding hydrogens is 363 g/mol. The average Bonchev–Trinajstić information content (AvgIpc) is 2.61. The topological polar surface area (TPSA) is 95.3 Å². The van der Waals surface area contributed by atoms with E-state index in [0.717, 1.165) is 24.3 Å². The molecule has 0 saturated carbocycles.